The molecule has 14 nitrogen and oxygen atoms in total. The number of aliphatic carboxylic acids is 2. The lowest BCUT2D eigenvalue weighted by Crippen LogP contribution is -2.57. The summed E-state index contributed by atoms with van der Waals surface area (Å²) in [6.45, 7) is 0.672. The Labute approximate surface area is 208 Å². The Kier molecular flexibility index (Phi) is 11.3. The van der Waals surface area contributed by atoms with Gasteiger partial charge in [-0.25, -0.2) is 9.78 Å². The summed E-state index contributed by atoms with van der Waals surface area (Å²) < 4.78 is 0. The van der Waals surface area contributed by atoms with Crippen molar-refractivity contribution >= 4 is 29.7 Å². The van der Waals surface area contributed by atoms with Crippen molar-refractivity contribution in [2.24, 2.45) is 11.5 Å². The van der Waals surface area contributed by atoms with Gasteiger partial charge in [0.1, 0.15) is 18.1 Å². The second-order valence-corrected chi connectivity index (χ2v) is 8.75. The highest BCUT2D eigenvalue weighted by Crippen LogP contribution is 2.19. The number of H-pyrrole nitrogens is 1. The predicted octanol–water partition coefficient (Wildman–Crippen LogP) is -1.68. The number of amides is 3. The monoisotopic (exact) mass is 509 g/mol. The number of nitrogens with two attached hydrogens (primary N) is 2. The number of carboxylic acid groups (broad SMARTS) is 2. The van der Waals surface area contributed by atoms with Crippen LogP contribution < -0.4 is 22.1 Å². The zero-order chi connectivity index (χ0) is 26.7. The van der Waals surface area contributed by atoms with Gasteiger partial charge >= 0.3 is 11.9 Å². The highest BCUT2D eigenvalue weighted by molar-refractivity contribution is 5.94. The third-order valence-corrected chi connectivity index (χ3v) is 6.00. The second-order valence-electron chi connectivity index (χ2n) is 8.75. The first-order valence-corrected chi connectivity index (χ1v) is 11.9. The largest absolute Gasteiger partial charge is 0.481 e. The molecule has 1 fully saturated rings. The molecule has 1 aliphatic heterocycles. The number of aromatic amines is 1. The van der Waals surface area contributed by atoms with Crippen LogP contribution in [0.5, 0.6) is 0 Å². The number of imidazole rings is 1. The fourth-order valence-corrected chi connectivity index (χ4v) is 4.03. The second kappa shape index (κ2) is 14.1. The first-order valence-electron chi connectivity index (χ1n) is 11.9. The van der Waals surface area contributed by atoms with E-state index in [4.69, 9.17) is 16.6 Å². The normalized spacial score (nSPS) is 17.7. The summed E-state index contributed by atoms with van der Waals surface area (Å²) in [5.74, 6) is -4.30. The van der Waals surface area contributed by atoms with E-state index in [1.54, 1.807) is 0 Å². The van der Waals surface area contributed by atoms with Gasteiger partial charge in [-0.1, -0.05) is 6.42 Å². The Hall–Kier alpha value is -3.52. The number of aromatic nitrogens is 2. The van der Waals surface area contributed by atoms with E-state index in [-0.39, 0.29) is 19.4 Å². The van der Waals surface area contributed by atoms with Crippen LogP contribution in [0.25, 0.3) is 0 Å². The molecular formula is C22H35N7O7. The van der Waals surface area contributed by atoms with Crippen LogP contribution in [0.15, 0.2) is 12.5 Å². The van der Waals surface area contributed by atoms with Gasteiger partial charge in [0.05, 0.1) is 12.4 Å². The minimum atomic E-state index is -1.26. The summed E-state index contributed by atoms with van der Waals surface area (Å²) in [6.07, 6.45) is 4.65. The summed E-state index contributed by atoms with van der Waals surface area (Å²) in [5, 5.41) is 23.6. The van der Waals surface area contributed by atoms with E-state index < -0.39 is 60.2 Å². The number of unbranched alkanes of at least 4 members (excludes halogenated alkanes) is 1. The SMILES string of the molecule is NCCCCC(N)C(=O)NC(CCC(=O)O)C(=O)NC(Cc1cnc[nH]1)C(=O)N1CCCC1C(=O)O. The van der Waals surface area contributed by atoms with E-state index in [2.05, 4.69) is 20.6 Å². The van der Waals surface area contributed by atoms with E-state index in [9.17, 15) is 29.1 Å². The van der Waals surface area contributed by atoms with Gasteiger partial charge in [0.25, 0.3) is 0 Å². The lowest BCUT2D eigenvalue weighted by Gasteiger charge is -2.28. The minimum Gasteiger partial charge on any atom is -0.481 e. The van der Waals surface area contributed by atoms with Crippen molar-refractivity contribution < 1.29 is 34.2 Å². The number of carbonyl (C=O) groups is 5. The summed E-state index contributed by atoms with van der Waals surface area (Å²) in [7, 11) is 0. The van der Waals surface area contributed by atoms with Gasteiger partial charge in [0.15, 0.2) is 0 Å². The predicted molar refractivity (Wildman–Crippen MR) is 126 cm³/mol. The quantitative estimate of drug-likeness (QED) is 0.133. The average Bonchev–Trinajstić information content (AvgIpc) is 3.52. The number of nitrogens with one attached hydrogen (secondary N) is 3. The van der Waals surface area contributed by atoms with Crippen LogP contribution in [0.4, 0.5) is 0 Å². The molecule has 4 atom stereocenters. The summed E-state index contributed by atoms with van der Waals surface area (Å²) in [5.41, 5.74) is 11.9. The molecule has 2 rings (SSSR count). The molecule has 0 radical (unpaired) electrons. The van der Waals surface area contributed by atoms with E-state index in [0.717, 1.165) is 0 Å². The number of carboxylic acids is 2. The van der Waals surface area contributed by atoms with Crippen molar-refractivity contribution in [3.63, 3.8) is 0 Å². The Morgan fingerprint density at radius 3 is 2.44 bits per heavy atom. The minimum absolute atomic E-state index is 0.00832. The molecule has 0 aliphatic carbocycles. The molecule has 200 valence electrons. The van der Waals surface area contributed by atoms with Crippen LogP contribution in [0.3, 0.4) is 0 Å². The fourth-order valence-electron chi connectivity index (χ4n) is 4.03. The van der Waals surface area contributed by atoms with E-state index in [1.807, 2.05) is 0 Å². The van der Waals surface area contributed by atoms with Crippen LogP contribution in [0.1, 0.15) is 50.6 Å². The molecule has 1 aliphatic rings. The lowest BCUT2D eigenvalue weighted by atomic mass is 10.1. The van der Waals surface area contributed by atoms with Crippen LogP contribution >= 0.6 is 0 Å². The molecule has 36 heavy (non-hydrogen) atoms. The number of hydrogen-bond donors (Lipinski definition) is 7. The maximum Gasteiger partial charge on any atom is 0.326 e. The molecule has 0 saturated carbocycles. The molecule has 9 N–H and O–H groups in total. The van der Waals surface area contributed by atoms with Gasteiger partial charge in [0.2, 0.25) is 17.7 Å². The third-order valence-electron chi connectivity index (χ3n) is 6.00. The number of hydrogen-bond acceptors (Lipinski definition) is 8. The molecule has 0 bridgehead atoms. The Morgan fingerprint density at radius 2 is 1.83 bits per heavy atom. The first-order chi connectivity index (χ1) is 17.1. The molecule has 3 amide bonds. The topological polar surface area (TPSA) is 234 Å². The maximum atomic E-state index is 13.3. The average molecular weight is 510 g/mol. The summed E-state index contributed by atoms with van der Waals surface area (Å²) >= 11 is 0. The Morgan fingerprint density at radius 1 is 1.11 bits per heavy atom. The molecule has 0 aromatic carbocycles. The van der Waals surface area contributed by atoms with Crippen LogP contribution in [0.2, 0.25) is 0 Å². The van der Waals surface area contributed by atoms with Crippen molar-refractivity contribution in [1.82, 2.24) is 25.5 Å². The fraction of sp³-hybridized carbons (Fsp3) is 0.636. The summed E-state index contributed by atoms with van der Waals surface area (Å²) in [6, 6.07) is -4.35. The molecule has 4 unspecified atom stereocenters. The number of rotatable bonds is 15. The highest BCUT2D eigenvalue weighted by Gasteiger charge is 2.38. The number of likely N-dealkylation sites (tertiary alicyclic amines) is 1. The standard InChI is InChI=1S/C22H35N7O7/c23-8-2-1-4-14(24)19(32)27-15(6-7-18(30)31)20(33)28-16(10-13-11-25-12-26-13)21(34)29-9-3-5-17(29)22(35)36/h11-12,14-17H,1-10,23-24H2,(H,25,26)(H,27,32)(H,28,33)(H,30,31)(H,35,36). The molecule has 1 aromatic rings. The van der Waals surface area contributed by atoms with E-state index in [1.165, 1.54) is 17.4 Å². The molecule has 0 spiro atoms. The molecular weight excluding hydrogens is 474 g/mol. The van der Waals surface area contributed by atoms with Crippen LogP contribution in [-0.4, -0.2) is 92.0 Å². The lowest BCUT2D eigenvalue weighted by molar-refractivity contribution is -0.149. The van der Waals surface area contributed by atoms with Gasteiger partial charge < -0.3 is 42.2 Å². The zero-order valence-corrected chi connectivity index (χ0v) is 20.0. The van der Waals surface area contributed by atoms with E-state index in [0.29, 0.717) is 44.3 Å². The first kappa shape index (κ1) is 28.7. The zero-order valence-electron chi connectivity index (χ0n) is 20.0. The maximum absolute atomic E-state index is 13.3. The van der Waals surface area contributed by atoms with Gasteiger partial charge in [0, 0.05) is 31.3 Å². The Bertz CT molecular complexity index is 909. The van der Waals surface area contributed by atoms with Crippen molar-refractivity contribution in [2.75, 3.05) is 13.1 Å². The molecule has 1 aromatic heterocycles. The van der Waals surface area contributed by atoms with Gasteiger partial charge in [-0.05, 0) is 38.6 Å². The Balaban J connectivity index is 2.18. The number of carbonyl (C=O) groups excluding carboxylic acids is 3. The van der Waals surface area contributed by atoms with E-state index >= 15 is 0 Å². The molecule has 1 saturated heterocycles. The highest BCUT2D eigenvalue weighted by atomic mass is 16.4. The van der Waals surface area contributed by atoms with Crippen molar-refractivity contribution in [1.29, 1.82) is 0 Å². The third kappa shape index (κ3) is 8.61. The van der Waals surface area contributed by atoms with Crippen LogP contribution in [0, 0.1) is 0 Å². The summed E-state index contributed by atoms with van der Waals surface area (Å²) in [4.78, 5) is 69.7. The van der Waals surface area contributed by atoms with Crippen molar-refractivity contribution in [3.05, 3.63) is 18.2 Å². The smallest absolute Gasteiger partial charge is 0.326 e. The van der Waals surface area contributed by atoms with Crippen molar-refractivity contribution in [3.8, 4) is 0 Å². The molecule has 14 heteroatoms. The van der Waals surface area contributed by atoms with Crippen molar-refractivity contribution in [2.45, 2.75) is 75.5 Å². The van der Waals surface area contributed by atoms with Gasteiger partial charge in [-0.2, -0.15) is 0 Å². The van der Waals surface area contributed by atoms with Gasteiger partial charge in [-0.3, -0.25) is 19.2 Å². The number of nitrogens with zero attached hydrogens (tertiary/aromatic N) is 2. The van der Waals surface area contributed by atoms with Gasteiger partial charge in [-0.15, -0.1) is 0 Å². The molecule has 2 heterocycles. The van der Waals surface area contributed by atoms with Crippen LogP contribution in [-0.2, 0) is 30.4 Å².